The van der Waals surface area contributed by atoms with Crippen molar-refractivity contribution < 1.29 is 0 Å². The van der Waals surface area contributed by atoms with E-state index in [1.54, 1.807) is 0 Å². The van der Waals surface area contributed by atoms with Crippen molar-refractivity contribution in [3.8, 4) is 6.07 Å². The maximum absolute atomic E-state index is 8.90. The van der Waals surface area contributed by atoms with Gasteiger partial charge in [0.2, 0.25) is 0 Å². The molecule has 3 heteroatoms. The van der Waals surface area contributed by atoms with Gasteiger partial charge in [0.1, 0.15) is 0 Å². The zero-order valence-corrected chi connectivity index (χ0v) is 8.87. The lowest BCUT2D eigenvalue weighted by Gasteiger charge is -2.45. The molecule has 0 saturated carbocycles. The van der Waals surface area contributed by atoms with E-state index < -0.39 is 0 Å². The van der Waals surface area contributed by atoms with Gasteiger partial charge >= 0.3 is 0 Å². The highest BCUT2D eigenvalue weighted by Gasteiger charge is 2.34. The number of rotatable bonds is 3. The molecular weight excluding hydrogens is 174 g/mol. The first-order valence-electron chi connectivity index (χ1n) is 5.71. The lowest BCUT2D eigenvalue weighted by molar-refractivity contribution is 0.0698. The minimum absolute atomic E-state index is 0.0561. The van der Waals surface area contributed by atoms with Crippen molar-refractivity contribution in [2.75, 3.05) is 19.6 Å². The summed E-state index contributed by atoms with van der Waals surface area (Å²) in [7, 11) is 0. The fraction of sp³-hybridized carbons (Fsp3) is 0.909. The molecule has 0 aromatic carbocycles. The standard InChI is InChI=1S/C11H19N3/c1-2-10(7-12)13-11-8-14-5-3-9(11)4-6-14/h9-11,13H,2-6,8H2,1H3. The van der Waals surface area contributed by atoms with Gasteiger partial charge in [-0.05, 0) is 38.3 Å². The van der Waals surface area contributed by atoms with Gasteiger partial charge in [0.25, 0.3) is 0 Å². The first-order valence-corrected chi connectivity index (χ1v) is 5.71. The molecule has 3 aliphatic rings. The van der Waals surface area contributed by atoms with Crippen LogP contribution >= 0.6 is 0 Å². The number of nitrogens with one attached hydrogen (secondary N) is 1. The van der Waals surface area contributed by atoms with Gasteiger partial charge in [0.15, 0.2) is 0 Å². The summed E-state index contributed by atoms with van der Waals surface area (Å²) in [6, 6.07) is 2.96. The average Bonchev–Trinajstić information content (AvgIpc) is 2.27. The molecule has 2 bridgehead atoms. The third-order valence-electron chi connectivity index (χ3n) is 3.64. The normalized spacial score (nSPS) is 37.9. The van der Waals surface area contributed by atoms with Crippen LogP contribution in [0.1, 0.15) is 26.2 Å². The summed E-state index contributed by atoms with van der Waals surface area (Å²) in [5, 5.41) is 12.4. The molecule has 0 amide bonds. The monoisotopic (exact) mass is 193 g/mol. The fourth-order valence-electron chi connectivity index (χ4n) is 2.66. The van der Waals surface area contributed by atoms with Crippen LogP contribution in [0.4, 0.5) is 0 Å². The molecule has 2 unspecified atom stereocenters. The summed E-state index contributed by atoms with van der Waals surface area (Å²) in [5.74, 6) is 0.822. The maximum Gasteiger partial charge on any atom is 0.0952 e. The molecule has 78 valence electrons. The molecule has 3 rings (SSSR count). The Morgan fingerprint density at radius 1 is 1.50 bits per heavy atom. The van der Waals surface area contributed by atoms with Crippen LogP contribution in [0.15, 0.2) is 0 Å². The summed E-state index contributed by atoms with van der Waals surface area (Å²) in [5.41, 5.74) is 0. The van der Waals surface area contributed by atoms with Crippen molar-refractivity contribution in [3.63, 3.8) is 0 Å². The van der Waals surface area contributed by atoms with E-state index in [0.29, 0.717) is 6.04 Å². The zero-order valence-electron chi connectivity index (χ0n) is 8.87. The van der Waals surface area contributed by atoms with Gasteiger partial charge in [0.05, 0.1) is 12.1 Å². The average molecular weight is 193 g/mol. The van der Waals surface area contributed by atoms with Crippen molar-refractivity contribution in [1.29, 1.82) is 5.26 Å². The highest BCUT2D eigenvalue weighted by atomic mass is 15.2. The Hall–Kier alpha value is -0.590. The third-order valence-corrected chi connectivity index (χ3v) is 3.64. The summed E-state index contributed by atoms with van der Waals surface area (Å²) in [6.45, 7) is 5.77. The van der Waals surface area contributed by atoms with E-state index in [1.165, 1.54) is 25.9 Å². The molecule has 0 aliphatic carbocycles. The summed E-state index contributed by atoms with van der Waals surface area (Å²) in [6.07, 6.45) is 3.55. The Labute approximate surface area is 86.1 Å². The van der Waals surface area contributed by atoms with Gasteiger partial charge in [-0.25, -0.2) is 0 Å². The van der Waals surface area contributed by atoms with Crippen molar-refractivity contribution >= 4 is 0 Å². The van der Waals surface area contributed by atoms with Crippen molar-refractivity contribution in [1.82, 2.24) is 10.2 Å². The Balaban J connectivity index is 1.89. The van der Waals surface area contributed by atoms with Crippen LogP contribution in [0.3, 0.4) is 0 Å². The minimum Gasteiger partial charge on any atom is -0.302 e. The predicted molar refractivity (Wildman–Crippen MR) is 55.8 cm³/mol. The van der Waals surface area contributed by atoms with E-state index in [0.717, 1.165) is 18.9 Å². The number of hydrogen-bond acceptors (Lipinski definition) is 3. The van der Waals surface area contributed by atoms with Crippen molar-refractivity contribution in [2.24, 2.45) is 5.92 Å². The number of hydrogen-bond donors (Lipinski definition) is 1. The summed E-state index contributed by atoms with van der Waals surface area (Å²) < 4.78 is 0. The zero-order chi connectivity index (χ0) is 9.97. The SMILES string of the molecule is CCC(C#N)NC1CN2CCC1CC2. The van der Waals surface area contributed by atoms with Gasteiger partial charge in [0, 0.05) is 12.6 Å². The van der Waals surface area contributed by atoms with Crippen LogP contribution in [0.2, 0.25) is 0 Å². The van der Waals surface area contributed by atoms with Crippen molar-refractivity contribution in [2.45, 2.75) is 38.3 Å². The molecule has 3 nitrogen and oxygen atoms in total. The molecule has 2 atom stereocenters. The first-order chi connectivity index (χ1) is 6.83. The lowest BCUT2D eigenvalue weighted by atomic mass is 9.83. The quantitative estimate of drug-likeness (QED) is 0.726. The molecule has 0 aromatic rings. The first kappa shape index (κ1) is 9.95. The lowest BCUT2D eigenvalue weighted by Crippen LogP contribution is -2.57. The van der Waals surface area contributed by atoms with E-state index in [4.69, 9.17) is 5.26 Å². The van der Waals surface area contributed by atoms with E-state index in [-0.39, 0.29) is 6.04 Å². The molecule has 0 aromatic heterocycles. The van der Waals surface area contributed by atoms with Crippen LogP contribution in [-0.4, -0.2) is 36.6 Å². The largest absolute Gasteiger partial charge is 0.302 e. The third kappa shape index (κ3) is 1.92. The number of fused-ring (bicyclic) bond motifs is 3. The molecule has 3 saturated heterocycles. The number of piperidine rings is 3. The Morgan fingerprint density at radius 2 is 2.21 bits per heavy atom. The van der Waals surface area contributed by atoms with Gasteiger partial charge in [-0.3, -0.25) is 5.32 Å². The summed E-state index contributed by atoms with van der Waals surface area (Å²) in [4.78, 5) is 2.52. The predicted octanol–water partition coefficient (Wildman–Crippen LogP) is 0.972. The van der Waals surface area contributed by atoms with Crippen LogP contribution < -0.4 is 5.32 Å². The van der Waals surface area contributed by atoms with Gasteiger partial charge < -0.3 is 4.90 Å². The topological polar surface area (TPSA) is 39.1 Å². The molecule has 1 N–H and O–H groups in total. The van der Waals surface area contributed by atoms with E-state index in [2.05, 4.69) is 23.2 Å². The molecule has 3 heterocycles. The Morgan fingerprint density at radius 3 is 2.64 bits per heavy atom. The van der Waals surface area contributed by atoms with Crippen LogP contribution in [0.5, 0.6) is 0 Å². The van der Waals surface area contributed by atoms with Crippen LogP contribution in [0, 0.1) is 17.2 Å². The highest BCUT2D eigenvalue weighted by molar-refractivity contribution is 4.97. The van der Waals surface area contributed by atoms with Gasteiger partial charge in [-0.2, -0.15) is 5.26 Å². The van der Waals surface area contributed by atoms with Crippen LogP contribution in [0.25, 0.3) is 0 Å². The minimum atomic E-state index is 0.0561. The van der Waals surface area contributed by atoms with E-state index >= 15 is 0 Å². The second kappa shape index (κ2) is 4.29. The maximum atomic E-state index is 8.90. The Kier molecular flexibility index (Phi) is 3.05. The molecule has 3 aliphatic heterocycles. The second-order valence-electron chi connectivity index (χ2n) is 4.50. The number of nitriles is 1. The van der Waals surface area contributed by atoms with Crippen LogP contribution in [-0.2, 0) is 0 Å². The van der Waals surface area contributed by atoms with Gasteiger partial charge in [-0.1, -0.05) is 6.92 Å². The number of nitrogens with zero attached hydrogens (tertiary/aromatic N) is 2. The van der Waals surface area contributed by atoms with Gasteiger partial charge in [-0.15, -0.1) is 0 Å². The summed E-state index contributed by atoms with van der Waals surface area (Å²) >= 11 is 0. The smallest absolute Gasteiger partial charge is 0.0952 e. The van der Waals surface area contributed by atoms with E-state index in [1.807, 2.05) is 0 Å². The second-order valence-corrected chi connectivity index (χ2v) is 4.50. The molecule has 0 spiro atoms. The fourth-order valence-corrected chi connectivity index (χ4v) is 2.66. The highest BCUT2D eigenvalue weighted by Crippen LogP contribution is 2.27. The van der Waals surface area contributed by atoms with E-state index in [9.17, 15) is 0 Å². The molecule has 0 radical (unpaired) electrons. The molecule has 14 heavy (non-hydrogen) atoms. The Bertz CT molecular complexity index is 225. The van der Waals surface area contributed by atoms with Crippen molar-refractivity contribution in [3.05, 3.63) is 0 Å². The molecule has 3 fully saturated rings. The molecular formula is C11H19N3.